The lowest BCUT2D eigenvalue weighted by Gasteiger charge is -2.26. The minimum atomic E-state index is -0.394. The minimum Gasteiger partial charge on any atom is -0.374 e. The molecule has 1 amide bonds. The summed E-state index contributed by atoms with van der Waals surface area (Å²) < 4.78 is 5.42. The van der Waals surface area contributed by atoms with E-state index in [1.54, 1.807) is 7.11 Å². The molecule has 0 aromatic heterocycles. The van der Waals surface area contributed by atoms with Crippen molar-refractivity contribution >= 4 is 11.6 Å². The molecule has 0 saturated carbocycles. The number of hydrogen-bond donors (Lipinski definition) is 1. The topological polar surface area (TPSA) is 38.3 Å². The van der Waals surface area contributed by atoms with Crippen molar-refractivity contribution in [1.29, 1.82) is 0 Å². The highest BCUT2D eigenvalue weighted by Crippen LogP contribution is 2.24. The minimum absolute atomic E-state index is 0.108. The van der Waals surface area contributed by atoms with Crippen LogP contribution in [0, 0.1) is 6.92 Å². The van der Waals surface area contributed by atoms with Gasteiger partial charge in [-0.25, -0.2) is 0 Å². The summed E-state index contributed by atoms with van der Waals surface area (Å²) in [5.74, 6) is -0.108. The molecule has 1 N–H and O–H groups in total. The van der Waals surface area contributed by atoms with Crippen molar-refractivity contribution in [3.05, 3.63) is 53.6 Å². The number of hydrogen-bond acceptors (Lipinski definition) is 2. The molecule has 3 nitrogen and oxygen atoms in total. The Kier molecular flexibility index (Phi) is 3.86. The standard InChI is InChI=1S/C16H19NO2/c1-12-6-8-14(9-7-12)17-15(18)13-5-4-10-16(2,11-13)19-3/h4-9,11H,10H2,1-3H3,(H,17,18). The van der Waals surface area contributed by atoms with E-state index in [1.165, 1.54) is 5.56 Å². The Labute approximate surface area is 114 Å². The number of rotatable bonds is 3. The van der Waals surface area contributed by atoms with E-state index in [2.05, 4.69) is 5.32 Å². The van der Waals surface area contributed by atoms with E-state index in [4.69, 9.17) is 4.74 Å². The lowest BCUT2D eigenvalue weighted by molar-refractivity contribution is -0.112. The van der Waals surface area contributed by atoms with Gasteiger partial charge in [-0.2, -0.15) is 0 Å². The van der Waals surface area contributed by atoms with Crippen molar-refractivity contribution in [3.8, 4) is 0 Å². The Hall–Kier alpha value is -1.87. The average Bonchev–Trinajstić information content (AvgIpc) is 2.41. The normalized spacial score (nSPS) is 21.9. The van der Waals surface area contributed by atoms with Gasteiger partial charge in [-0.15, -0.1) is 0 Å². The number of aryl methyl sites for hydroxylation is 1. The number of methoxy groups -OCH3 is 1. The van der Waals surface area contributed by atoms with Gasteiger partial charge in [0.1, 0.15) is 0 Å². The van der Waals surface area contributed by atoms with Gasteiger partial charge < -0.3 is 10.1 Å². The summed E-state index contributed by atoms with van der Waals surface area (Å²) in [5, 5.41) is 2.89. The van der Waals surface area contributed by atoms with Crippen LogP contribution in [0.3, 0.4) is 0 Å². The van der Waals surface area contributed by atoms with Gasteiger partial charge in [-0.3, -0.25) is 4.79 Å². The molecule has 2 rings (SSSR count). The first kappa shape index (κ1) is 13.6. The first-order valence-corrected chi connectivity index (χ1v) is 6.35. The molecule has 0 saturated heterocycles. The molecule has 0 bridgehead atoms. The quantitative estimate of drug-likeness (QED) is 0.902. The molecule has 0 aliphatic heterocycles. The van der Waals surface area contributed by atoms with Gasteiger partial charge >= 0.3 is 0 Å². The lowest BCUT2D eigenvalue weighted by Crippen LogP contribution is -2.28. The molecule has 0 radical (unpaired) electrons. The predicted octanol–water partition coefficient (Wildman–Crippen LogP) is 3.22. The van der Waals surface area contributed by atoms with Crippen LogP contribution in [0.2, 0.25) is 0 Å². The molecular weight excluding hydrogens is 238 g/mol. The lowest BCUT2D eigenvalue weighted by atomic mass is 9.93. The second kappa shape index (κ2) is 5.41. The molecule has 100 valence electrons. The fraction of sp³-hybridized carbons (Fsp3) is 0.312. The van der Waals surface area contributed by atoms with E-state index in [-0.39, 0.29) is 5.91 Å². The first-order chi connectivity index (χ1) is 9.02. The van der Waals surface area contributed by atoms with E-state index >= 15 is 0 Å². The van der Waals surface area contributed by atoms with Gasteiger partial charge in [0.15, 0.2) is 0 Å². The number of nitrogens with one attached hydrogen (secondary N) is 1. The summed E-state index contributed by atoms with van der Waals surface area (Å²) in [6.07, 6.45) is 6.46. The molecule has 1 aromatic carbocycles. The van der Waals surface area contributed by atoms with E-state index in [1.807, 2.05) is 56.3 Å². The highest BCUT2D eigenvalue weighted by molar-refractivity contribution is 6.06. The monoisotopic (exact) mass is 257 g/mol. The summed E-state index contributed by atoms with van der Waals surface area (Å²) in [6.45, 7) is 3.98. The Balaban J connectivity index is 2.12. The molecule has 19 heavy (non-hydrogen) atoms. The van der Waals surface area contributed by atoms with Crippen molar-refractivity contribution in [2.24, 2.45) is 0 Å². The number of benzene rings is 1. The fourth-order valence-corrected chi connectivity index (χ4v) is 1.98. The Bertz CT molecular complexity index is 528. The Morgan fingerprint density at radius 2 is 2.00 bits per heavy atom. The number of carbonyl (C=O) groups excluding carboxylic acids is 1. The maximum absolute atomic E-state index is 12.2. The van der Waals surface area contributed by atoms with E-state index in [0.717, 1.165) is 12.1 Å². The SMILES string of the molecule is COC1(C)C=C(C(=O)Nc2ccc(C)cc2)C=CC1. The molecule has 1 unspecified atom stereocenters. The largest absolute Gasteiger partial charge is 0.374 e. The third kappa shape index (κ3) is 3.32. The van der Waals surface area contributed by atoms with Crippen LogP contribution in [0.15, 0.2) is 48.1 Å². The van der Waals surface area contributed by atoms with Gasteiger partial charge in [0.2, 0.25) is 0 Å². The Morgan fingerprint density at radius 1 is 1.32 bits per heavy atom. The molecular formula is C16H19NO2. The van der Waals surface area contributed by atoms with Crippen LogP contribution in [0.5, 0.6) is 0 Å². The molecule has 0 fully saturated rings. The second-order valence-electron chi connectivity index (χ2n) is 5.04. The smallest absolute Gasteiger partial charge is 0.255 e. The van der Waals surface area contributed by atoms with E-state index in [9.17, 15) is 4.79 Å². The molecule has 1 aliphatic rings. The van der Waals surface area contributed by atoms with Gasteiger partial charge in [-0.05, 0) is 38.5 Å². The van der Waals surface area contributed by atoms with Crippen molar-refractivity contribution in [2.75, 3.05) is 12.4 Å². The molecule has 0 heterocycles. The summed E-state index contributed by atoms with van der Waals surface area (Å²) in [7, 11) is 1.66. The fourth-order valence-electron chi connectivity index (χ4n) is 1.98. The molecule has 0 spiro atoms. The third-order valence-corrected chi connectivity index (χ3v) is 3.32. The van der Waals surface area contributed by atoms with Gasteiger partial charge in [0, 0.05) is 18.4 Å². The van der Waals surface area contributed by atoms with Crippen LogP contribution in [-0.4, -0.2) is 18.6 Å². The van der Waals surface area contributed by atoms with Gasteiger partial charge in [0.25, 0.3) is 5.91 Å². The highest BCUT2D eigenvalue weighted by atomic mass is 16.5. The zero-order valence-electron chi connectivity index (χ0n) is 11.6. The number of ether oxygens (including phenoxy) is 1. The van der Waals surface area contributed by atoms with E-state index < -0.39 is 5.60 Å². The van der Waals surface area contributed by atoms with Crippen molar-refractivity contribution in [1.82, 2.24) is 0 Å². The van der Waals surface area contributed by atoms with Crippen LogP contribution >= 0.6 is 0 Å². The molecule has 1 aliphatic carbocycles. The molecule has 1 aromatic rings. The summed E-state index contributed by atoms with van der Waals surface area (Å²) in [6, 6.07) is 7.74. The number of amides is 1. The Morgan fingerprint density at radius 3 is 2.63 bits per heavy atom. The molecule has 3 heteroatoms. The van der Waals surface area contributed by atoms with Crippen molar-refractivity contribution < 1.29 is 9.53 Å². The van der Waals surface area contributed by atoms with Gasteiger partial charge in [-0.1, -0.05) is 29.8 Å². The summed E-state index contributed by atoms with van der Waals surface area (Å²) >= 11 is 0. The predicted molar refractivity (Wildman–Crippen MR) is 77.1 cm³/mol. The summed E-state index contributed by atoms with van der Waals surface area (Å²) in [5.41, 5.74) is 2.21. The third-order valence-electron chi connectivity index (χ3n) is 3.32. The number of carbonyl (C=O) groups is 1. The zero-order chi connectivity index (χ0) is 13.9. The average molecular weight is 257 g/mol. The van der Waals surface area contributed by atoms with Crippen LogP contribution in [0.1, 0.15) is 18.9 Å². The number of anilines is 1. The van der Waals surface area contributed by atoms with Crippen LogP contribution in [0.25, 0.3) is 0 Å². The molecule has 1 atom stereocenters. The van der Waals surface area contributed by atoms with Crippen LogP contribution in [0.4, 0.5) is 5.69 Å². The van der Waals surface area contributed by atoms with Crippen molar-refractivity contribution in [3.63, 3.8) is 0 Å². The summed E-state index contributed by atoms with van der Waals surface area (Å²) in [4.78, 5) is 12.2. The zero-order valence-corrected chi connectivity index (χ0v) is 11.6. The van der Waals surface area contributed by atoms with Crippen LogP contribution < -0.4 is 5.32 Å². The maximum atomic E-state index is 12.2. The second-order valence-corrected chi connectivity index (χ2v) is 5.04. The maximum Gasteiger partial charge on any atom is 0.255 e. The van der Waals surface area contributed by atoms with Crippen LogP contribution in [-0.2, 0) is 9.53 Å². The van der Waals surface area contributed by atoms with Gasteiger partial charge in [0.05, 0.1) is 5.60 Å². The highest BCUT2D eigenvalue weighted by Gasteiger charge is 2.24. The van der Waals surface area contributed by atoms with E-state index in [0.29, 0.717) is 5.57 Å². The first-order valence-electron chi connectivity index (χ1n) is 6.35. The van der Waals surface area contributed by atoms with Crippen molar-refractivity contribution in [2.45, 2.75) is 25.9 Å².